The maximum atomic E-state index is 12.3. The number of aryl methyl sites for hydroxylation is 2. The largest absolute Gasteiger partial charge is 0.444 e. The molecule has 0 saturated heterocycles. The lowest BCUT2D eigenvalue weighted by Crippen LogP contribution is -2.54. The second-order valence-electron chi connectivity index (χ2n) is 9.25. The summed E-state index contributed by atoms with van der Waals surface area (Å²) in [5.74, 6) is 1.53. The van der Waals surface area contributed by atoms with E-state index in [1.165, 1.54) is 0 Å². The number of alkyl carbamates (subject to hydrolysis) is 1. The molecule has 0 radical (unpaired) electrons. The lowest BCUT2D eigenvalue weighted by Gasteiger charge is -2.29. The number of nitrogens with one attached hydrogen (secondary N) is 3. The highest BCUT2D eigenvalue weighted by atomic mass is 127. The standard InChI is InChI=1S/C20H37N7O3.HI/c1-19(2,3)30-17(28)24-20(4,5)14-23-16(21-6)22-11-9-13-27-18(29)26-12-8-7-10-15(26)25-27;/h7-14H2,1-6H3,(H,24,28)(H2,21,22,23);1H. The van der Waals surface area contributed by atoms with Crippen LogP contribution in [0, 0.1) is 0 Å². The summed E-state index contributed by atoms with van der Waals surface area (Å²) in [5, 5.41) is 13.7. The van der Waals surface area contributed by atoms with Gasteiger partial charge in [-0.1, -0.05) is 0 Å². The number of ether oxygens (including phenoxy) is 1. The van der Waals surface area contributed by atoms with Crippen LogP contribution in [0.5, 0.6) is 0 Å². The number of nitrogens with zero attached hydrogens (tertiary/aromatic N) is 4. The topological polar surface area (TPSA) is 115 Å². The molecule has 1 aliphatic heterocycles. The van der Waals surface area contributed by atoms with Crippen molar-refractivity contribution in [2.45, 2.75) is 84.5 Å². The molecule has 1 aromatic heterocycles. The number of guanidine groups is 1. The summed E-state index contributed by atoms with van der Waals surface area (Å²) >= 11 is 0. The Balaban J connectivity index is 0.00000480. The zero-order chi connectivity index (χ0) is 22.4. The predicted molar refractivity (Wildman–Crippen MR) is 132 cm³/mol. The minimum Gasteiger partial charge on any atom is -0.444 e. The Morgan fingerprint density at radius 1 is 1.19 bits per heavy atom. The predicted octanol–water partition coefficient (Wildman–Crippen LogP) is 1.86. The van der Waals surface area contributed by atoms with E-state index in [2.05, 4.69) is 26.0 Å². The van der Waals surface area contributed by atoms with Crippen LogP contribution in [0.25, 0.3) is 0 Å². The number of halogens is 1. The molecule has 1 amide bonds. The van der Waals surface area contributed by atoms with Crippen LogP contribution < -0.4 is 21.6 Å². The summed E-state index contributed by atoms with van der Waals surface area (Å²) in [4.78, 5) is 28.5. The number of aromatic nitrogens is 3. The third-order valence-electron chi connectivity index (χ3n) is 4.63. The van der Waals surface area contributed by atoms with Gasteiger partial charge in [-0.15, -0.1) is 24.0 Å². The smallest absolute Gasteiger partial charge is 0.408 e. The number of hydrogen-bond acceptors (Lipinski definition) is 5. The summed E-state index contributed by atoms with van der Waals surface area (Å²) in [6, 6.07) is 0. The van der Waals surface area contributed by atoms with E-state index in [9.17, 15) is 9.59 Å². The van der Waals surface area contributed by atoms with Gasteiger partial charge in [0.15, 0.2) is 5.96 Å². The van der Waals surface area contributed by atoms with Gasteiger partial charge in [-0.25, -0.2) is 14.3 Å². The number of carbonyl (C=O) groups is 1. The van der Waals surface area contributed by atoms with Crippen LogP contribution >= 0.6 is 24.0 Å². The van der Waals surface area contributed by atoms with E-state index < -0.39 is 17.2 Å². The number of hydrogen-bond donors (Lipinski definition) is 3. The third kappa shape index (κ3) is 9.08. The van der Waals surface area contributed by atoms with Gasteiger partial charge < -0.3 is 20.7 Å². The molecule has 0 saturated carbocycles. The van der Waals surface area contributed by atoms with E-state index in [1.54, 1.807) is 16.3 Å². The van der Waals surface area contributed by atoms with Crippen LogP contribution in [0.15, 0.2) is 9.79 Å². The summed E-state index contributed by atoms with van der Waals surface area (Å²) in [6.45, 7) is 11.8. The number of aliphatic imine (C=N–C) groups is 1. The van der Waals surface area contributed by atoms with Gasteiger partial charge in [0.2, 0.25) is 0 Å². The van der Waals surface area contributed by atoms with Gasteiger partial charge in [0, 0.05) is 39.6 Å². The molecule has 0 atom stereocenters. The first-order valence-electron chi connectivity index (χ1n) is 10.6. The van der Waals surface area contributed by atoms with Crippen molar-refractivity contribution in [3.8, 4) is 0 Å². The van der Waals surface area contributed by atoms with Crippen molar-refractivity contribution >= 4 is 36.0 Å². The van der Waals surface area contributed by atoms with E-state index in [0.717, 1.165) is 38.1 Å². The zero-order valence-corrected chi connectivity index (χ0v) is 21.9. The molecule has 178 valence electrons. The minimum absolute atomic E-state index is 0. The van der Waals surface area contributed by atoms with Crippen molar-refractivity contribution < 1.29 is 9.53 Å². The first-order chi connectivity index (χ1) is 14.0. The third-order valence-corrected chi connectivity index (χ3v) is 4.63. The van der Waals surface area contributed by atoms with Crippen LogP contribution in [0.2, 0.25) is 0 Å². The number of carbonyl (C=O) groups excluding carboxylic acids is 1. The average molecular weight is 551 g/mol. The highest BCUT2D eigenvalue weighted by Gasteiger charge is 2.24. The Morgan fingerprint density at radius 3 is 2.52 bits per heavy atom. The van der Waals surface area contributed by atoms with Gasteiger partial charge >= 0.3 is 11.8 Å². The molecule has 31 heavy (non-hydrogen) atoms. The molecule has 11 heteroatoms. The number of rotatable bonds is 7. The molecule has 0 fully saturated rings. The van der Waals surface area contributed by atoms with Crippen LogP contribution in [0.3, 0.4) is 0 Å². The summed E-state index contributed by atoms with van der Waals surface area (Å²) in [5.41, 5.74) is -1.08. The van der Waals surface area contributed by atoms with E-state index >= 15 is 0 Å². The normalized spacial score (nSPS) is 14.3. The molecule has 0 aliphatic carbocycles. The van der Waals surface area contributed by atoms with Gasteiger partial charge in [-0.3, -0.25) is 9.56 Å². The SMILES string of the molecule is CN=C(NCCCn1nc2n(c1=O)CCCC2)NCC(C)(C)NC(=O)OC(C)(C)C.I. The molecule has 0 spiro atoms. The molecule has 1 aliphatic rings. The fourth-order valence-corrected chi connectivity index (χ4v) is 3.18. The molecule has 0 unspecified atom stereocenters. The maximum absolute atomic E-state index is 12.3. The van der Waals surface area contributed by atoms with Crippen molar-refractivity contribution in [1.29, 1.82) is 0 Å². The molecule has 0 aromatic carbocycles. The second kappa shape index (κ2) is 11.7. The fourth-order valence-electron chi connectivity index (χ4n) is 3.18. The second-order valence-corrected chi connectivity index (χ2v) is 9.25. The zero-order valence-electron chi connectivity index (χ0n) is 19.6. The molecule has 1 aromatic rings. The highest BCUT2D eigenvalue weighted by molar-refractivity contribution is 14.0. The lowest BCUT2D eigenvalue weighted by molar-refractivity contribution is 0.0474. The molecular weight excluding hydrogens is 513 g/mol. The summed E-state index contributed by atoms with van der Waals surface area (Å²) < 4.78 is 8.66. The Kier molecular flexibility index (Phi) is 10.3. The summed E-state index contributed by atoms with van der Waals surface area (Å²) in [6.07, 6.45) is 3.31. The van der Waals surface area contributed by atoms with Crippen molar-refractivity contribution in [2.75, 3.05) is 20.1 Å². The van der Waals surface area contributed by atoms with Crippen molar-refractivity contribution in [2.24, 2.45) is 4.99 Å². The quantitative estimate of drug-likeness (QED) is 0.206. The molecule has 2 rings (SSSR count). The molecule has 0 bridgehead atoms. The van der Waals surface area contributed by atoms with E-state index in [4.69, 9.17) is 4.74 Å². The van der Waals surface area contributed by atoms with Crippen LogP contribution in [0.1, 0.15) is 59.7 Å². The molecular formula is C20H38IN7O3. The van der Waals surface area contributed by atoms with Crippen LogP contribution in [-0.4, -0.2) is 57.7 Å². The Labute approximate surface area is 201 Å². The fraction of sp³-hybridized carbons (Fsp3) is 0.800. The van der Waals surface area contributed by atoms with Gasteiger partial charge in [0.1, 0.15) is 11.4 Å². The molecule has 2 heterocycles. The molecule has 3 N–H and O–H groups in total. The Hall–Kier alpha value is -1.79. The van der Waals surface area contributed by atoms with E-state index in [1.807, 2.05) is 34.6 Å². The summed E-state index contributed by atoms with van der Waals surface area (Å²) in [7, 11) is 1.69. The van der Waals surface area contributed by atoms with Crippen molar-refractivity contribution in [3.63, 3.8) is 0 Å². The molecule has 10 nitrogen and oxygen atoms in total. The van der Waals surface area contributed by atoms with Gasteiger partial charge in [-0.2, -0.15) is 5.10 Å². The van der Waals surface area contributed by atoms with Gasteiger partial charge in [0.25, 0.3) is 0 Å². The van der Waals surface area contributed by atoms with Gasteiger partial charge in [-0.05, 0) is 53.9 Å². The Bertz CT molecular complexity index is 809. The van der Waals surface area contributed by atoms with Crippen molar-refractivity contribution in [1.82, 2.24) is 30.3 Å². The highest BCUT2D eigenvalue weighted by Crippen LogP contribution is 2.10. The van der Waals surface area contributed by atoms with Crippen LogP contribution in [0.4, 0.5) is 4.79 Å². The average Bonchev–Trinajstić information content (AvgIpc) is 2.95. The van der Waals surface area contributed by atoms with Crippen LogP contribution in [-0.2, 0) is 24.2 Å². The number of amides is 1. The maximum Gasteiger partial charge on any atom is 0.408 e. The van der Waals surface area contributed by atoms with Gasteiger partial charge in [0.05, 0.1) is 5.54 Å². The Morgan fingerprint density at radius 2 is 1.90 bits per heavy atom. The lowest BCUT2D eigenvalue weighted by atomic mass is 10.1. The first kappa shape index (κ1) is 27.2. The number of fused-ring (bicyclic) bond motifs is 1. The van der Waals surface area contributed by atoms with Crippen molar-refractivity contribution in [3.05, 3.63) is 16.3 Å². The first-order valence-corrected chi connectivity index (χ1v) is 10.6. The monoisotopic (exact) mass is 551 g/mol. The van der Waals surface area contributed by atoms with E-state index in [-0.39, 0.29) is 29.7 Å². The minimum atomic E-state index is -0.540. The van der Waals surface area contributed by atoms with E-state index in [0.29, 0.717) is 25.6 Å².